The number of aromatic amines is 1. The van der Waals surface area contributed by atoms with Crippen LogP contribution < -0.4 is 0 Å². The van der Waals surface area contributed by atoms with Gasteiger partial charge in [0, 0.05) is 36.6 Å². The Kier molecular flexibility index (Phi) is 13.7. The third kappa shape index (κ3) is 9.80. The minimum Gasteiger partial charge on any atom is -0.462 e. The van der Waals surface area contributed by atoms with Crippen molar-refractivity contribution in [2.75, 3.05) is 13.2 Å². The Morgan fingerprint density at radius 2 is 1.20 bits per heavy atom. The molecule has 4 unspecified atom stereocenters. The molecule has 0 amide bonds. The molecular formula is C44H37ClF8N4O4. The van der Waals surface area contributed by atoms with Gasteiger partial charge in [-0.1, -0.05) is 36.4 Å². The van der Waals surface area contributed by atoms with E-state index in [4.69, 9.17) is 21.1 Å². The quantitative estimate of drug-likeness (QED) is 0.0974. The minimum atomic E-state index is -4.54. The second-order valence-corrected chi connectivity index (χ2v) is 14.4. The van der Waals surface area contributed by atoms with Crippen LogP contribution in [0.1, 0.15) is 115 Å². The molecule has 0 aliphatic heterocycles. The zero-order valence-corrected chi connectivity index (χ0v) is 33.2. The fourth-order valence-corrected chi connectivity index (χ4v) is 8.05. The van der Waals surface area contributed by atoms with Crippen LogP contribution in [0.4, 0.5) is 35.1 Å². The normalized spacial score (nSPS) is 17.9. The molecule has 320 valence electrons. The van der Waals surface area contributed by atoms with Crippen LogP contribution in [0.3, 0.4) is 0 Å². The highest BCUT2D eigenvalue weighted by atomic mass is 35.5. The second-order valence-electron chi connectivity index (χ2n) is 13.8. The smallest absolute Gasteiger partial charge is 0.416 e. The lowest BCUT2D eigenvalue weighted by Crippen LogP contribution is -2.13. The number of carbonyl (C=O) groups is 2. The molecule has 8 nitrogen and oxygen atoms in total. The Morgan fingerprint density at radius 1 is 0.689 bits per heavy atom. The Bertz CT molecular complexity index is 2440. The average Bonchev–Trinajstić information content (AvgIpc) is 4.06. The molecule has 0 saturated carbocycles. The van der Waals surface area contributed by atoms with E-state index in [0.717, 1.165) is 18.2 Å². The van der Waals surface area contributed by atoms with E-state index in [2.05, 4.69) is 15.3 Å². The molecule has 4 atom stereocenters. The number of carbonyl (C=O) groups excluding carboxylic acids is 2. The molecule has 4 aromatic carbocycles. The van der Waals surface area contributed by atoms with Gasteiger partial charge in [0.1, 0.15) is 11.6 Å². The van der Waals surface area contributed by atoms with Crippen molar-refractivity contribution in [3.05, 3.63) is 177 Å². The van der Waals surface area contributed by atoms with E-state index in [1.54, 1.807) is 55.4 Å². The molecule has 0 spiro atoms. The summed E-state index contributed by atoms with van der Waals surface area (Å²) >= 11 is 6.25. The summed E-state index contributed by atoms with van der Waals surface area (Å²) in [5.41, 5.74) is -0.147. The van der Waals surface area contributed by atoms with Crippen LogP contribution in [-0.2, 0) is 21.8 Å². The highest BCUT2D eigenvalue weighted by Gasteiger charge is 2.42. The van der Waals surface area contributed by atoms with Crippen molar-refractivity contribution < 1.29 is 54.2 Å². The number of nitrogens with one attached hydrogen (secondary N) is 1. The fourth-order valence-electron chi connectivity index (χ4n) is 7.68. The van der Waals surface area contributed by atoms with E-state index in [0.29, 0.717) is 22.3 Å². The lowest BCUT2D eigenvalue weighted by Gasteiger charge is -2.19. The first kappa shape index (κ1) is 44.5. The van der Waals surface area contributed by atoms with Gasteiger partial charge in [0.25, 0.3) is 0 Å². The number of aromatic nitrogens is 4. The van der Waals surface area contributed by atoms with Crippen LogP contribution in [0.15, 0.2) is 110 Å². The molecular weight excluding hydrogens is 836 g/mol. The standard InChI is InChI=1S/C22H18F4N2O2.C19H15ClF4O2.C3H4N2/c1-2-30-21(29)17-10-14-15(13-6-3-4-7-18(13)22(24,25)26)12-20(16(14)11-19(17)23)28-9-5-8-27-28;1-2-26-18(25)14-7-11-12(8-16(20)13(11)9-17(14)21)10-5-3-4-6-15(10)19(22,23)24;1-2-4-5-3-1/h3-11,15,20H,2,12H2,1H3;3-7,9,12,16H,2,8H2,1H3;1-3H,(H,4,5). The summed E-state index contributed by atoms with van der Waals surface area (Å²) in [4.78, 5) is 24.1. The lowest BCUT2D eigenvalue weighted by atomic mass is 9.88. The highest BCUT2D eigenvalue weighted by molar-refractivity contribution is 6.21. The summed E-state index contributed by atoms with van der Waals surface area (Å²) in [5, 5.41) is 9.76. The maximum atomic E-state index is 14.7. The molecule has 0 bridgehead atoms. The van der Waals surface area contributed by atoms with Crippen LogP contribution in [-0.4, -0.2) is 45.1 Å². The van der Waals surface area contributed by atoms with Gasteiger partial charge < -0.3 is 9.47 Å². The van der Waals surface area contributed by atoms with E-state index >= 15 is 0 Å². The first-order chi connectivity index (χ1) is 29.0. The number of benzene rings is 4. The molecule has 2 aromatic heterocycles. The number of hydrogen-bond donors (Lipinski definition) is 1. The summed E-state index contributed by atoms with van der Waals surface area (Å²) in [5.74, 6) is -4.62. The van der Waals surface area contributed by atoms with Gasteiger partial charge in [0.05, 0.1) is 46.9 Å². The van der Waals surface area contributed by atoms with Gasteiger partial charge in [-0.3, -0.25) is 9.78 Å². The van der Waals surface area contributed by atoms with Gasteiger partial charge >= 0.3 is 24.3 Å². The van der Waals surface area contributed by atoms with Gasteiger partial charge in [-0.2, -0.15) is 36.5 Å². The summed E-state index contributed by atoms with van der Waals surface area (Å²) < 4.78 is 121. The number of ether oxygens (including phenoxy) is 2. The number of esters is 2. The number of nitrogens with zero attached hydrogens (tertiary/aromatic N) is 3. The topological polar surface area (TPSA) is 99.1 Å². The SMILES string of the molecule is CCOC(=O)c1cc2c(cc1F)C(Cl)CC2c1ccccc1C(F)(F)F.CCOC(=O)c1cc2c(cc1F)C(n1cccn1)CC2c1ccccc1C(F)(F)F.c1cn[nH]c1. The minimum absolute atomic E-state index is 0.0609. The number of alkyl halides is 7. The maximum Gasteiger partial charge on any atom is 0.416 e. The number of hydrogen-bond acceptors (Lipinski definition) is 6. The molecule has 61 heavy (non-hydrogen) atoms. The maximum absolute atomic E-state index is 14.7. The van der Waals surface area contributed by atoms with Crippen LogP contribution in [0.5, 0.6) is 0 Å². The monoisotopic (exact) mass is 872 g/mol. The molecule has 2 heterocycles. The molecule has 8 rings (SSSR count). The predicted molar refractivity (Wildman–Crippen MR) is 208 cm³/mol. The van der Waals surface area contributed by atoms with Crippen molar-refractivity contribution in [2.45, 2.75) is 62.3 Å². The Hall–Kier alpha value is -6.03. The van der Waals surface area contributed by atoms with Crippen LogP contribution in [0, 0.1) is 11.6 Å². The molecule has 2 aliphatic rings. The number of fused-ring (bicyclic) bond motifs is 2. The van der Waals surface area contributed by atoms with Crippen LogP contribution in [0.25, 0.3) is 0 Å². The van der Waals surface area contributed by atoms with Gasteiger partial charge in [-0.15, -0.1) is 11.6 Å². The molecule has 6 aromatic rings. The van der Waals surface area contributed by atoms with Gasteiger partial charge in [0.2, 0.25) is 0 Å². The third-order valence-corrected chi connectivity index (χ3v) is 10.6. The van der Waals surface area contributed by atoms with Crippen molar-refractivity contribution >= 4 is 23.5 Å². The molecule has 1 N–H and O–H groups in total. The summed E-state index contributed by atoms with van der Waals surface area (Å²) in [6.07, 6.45) is -1.91. The van der Waals surface area contributed by atoms with Crippen molar-refractivity contribution in [3.8, 4) is 0 Å². The van der Waals surface area contributed by atoms with Crippen molar-refractivity contribution in [1.82, 2.24) is 20.0 Å². The molecule has 0 radical (unpaired) electrons. The number of halogens is 9. The molecule has 0 saturated heterocycles. The van der Waals surface area contributed by atoms with E-state index in [1.807, 2.05) is 6.07 Å². The largest absolute Gasteiger partial charge is 0.462 e. The lowest BCUT2D eigenvalue weighted by molar-refractivity contribution is -0.139. The Balaban J connectivity index is 0.000000184. The Morgan fingerprint density at radius 3 is 1.64 bits per heavy atom. The zero-order valence-electron chi connectivity index (χ0n) is 32.4. The first-order valence-electron chi connectivity index (χ1n) is 18.9. The molecule has 17 heteroatoms. The van der Waals surface area contributed by atoms with Crippen LogP contribution in [0.2, 0.25) is 0 Å². The average molecular weight is 873 g/mol. The van der Waals surface area contributed by atoms with Gasteiger partial charge in [0.15, 0.2) is 0 Å². The van der Waals surface area contributed by atoms with Gasteiger partial charge in [-0.05, 0) is 109 Å². The van der Waals surface area contributed by atoms with Crippen molar-refractivity contribution in [1.29, 1.82) is 0 Å². The van der Waals surface area contributed by atoms with E-state index in [1.165, 1.54) is 48.5 Å². The number of H-pyrrole nitrogens is 1. The highest BCUT2D eigenvalue weighted by Crippen LogP contribution is 2.51. The molecule has 0 fully saturated rings. The van der Waals surface area contributed by atoms with Crippen LogP contribution >= 0.6 is 11.6 Å². The van der Waals surface area contributed by atoms with Crippen molar-refractivity contribution in [2.24, 2.45) is 0 Å². The number of rotatable bonds is 7. The third-order valence-electron chi connectivity index (χ3n) is 10.2. The second kappa shape index (κ2) is 18.7. The Labute approximate surface area is 349 Å². The van der Waals surface area contributed by atoms with E-state index in [9.17, 15) is 44.7 Å². The zero-order chi connectivity index (χ0) is 44.1. The fraction of sp³-hybridized carbons (Fsp3) is 0.273. The predicted octanol–water partition coefficient (Wildman–Crippen LogP) is 11.6. The van der Waals surface area contributed by atoms with Crippen molar-refractivity contribution in [3.63, 3.8) is 0 Å². The van der Waals surface area contributed by atoms with E-state index in [-0.39, 0.29) is 48.3 Å². The summed E-state index contributed by atoms with van der Waals surface area (Å²) in [6, 6.07) is 18.6. The van der Waals surface area contributed by atoms with E-state index < -0.39 is 70.3 Å². The first-order valence-corrected chi connectivity index (χ1v) is 19.4. The summed E-state index contributed by atoms with van der Waals surface area (Å²) in [7, 11) is 0. The summed E-state index contributed by atoms with van der Waals surface area (Å²) in [6.45, 7) is 3.30. The molecule has 2 aliphatic carbocycles. The van der Waals surface area contributed by atoms with Gasteiger partial charge in [-0.25, -0.2) is 18.4 Å².